The van der Waals surface area contributed by atoms with Gasteiger partial charge in [-0.05, 0) is 38.3 Å². The minimum Gasteiger partial charge on any atom is -0.459 e. The van der Waals surface area contributed by atoms with Gasteiger partial charge in [-0.2, -0.15) is 0 Å². The van der Waals surface area contributed by atoms with Gasteiger partial charge in [-0.3, -0.25) is 4.79 Å². The van der Waals surface area contributed by atoms with Crippen LogP contribution in [-0.2, 0) is 0 Å². The quantitative estimate of drug-likeness (QED) is 0.771. The molecular weight excluding hydrogens is 226 g/mol. The zero-order valence-corrected chi connectivity index (χ0v) is 10.6. The lowest BCUT2D eigenvalue weighted by Gasteiger charge is -2.28. The Bertz CT molecular complexity index is 624. The van der Waals surface area contributed by atoms with Gasteiger partial charge in [0.15, 0.2) is 0 Å². The minimum atomic E-state index is 0.108. The van der Waals surface area contributed by atoms with Crippen LogP contribution in [0.25, 0.3) is 11.0 Å². The molecule has 3 nitrogen and oxygen atoms in total. The maximum absolute atomic E-state index is 12.5. The predicted octanol–water partition coefficient (Wildman–Crippen LogP) is 3.09. The molecule has 0 aliphatic carbocycles. The topological polar surface area (TPSA) is 33.5 Å². The van der Waals surface area contributed by atoms with Gasteiger partial charge in [0.05, 0.1) is 5.39 Å². The second kappa shape index (κ2) is 4.48. The summed E-state index contributed by atoms with van der Waals surface area (Å²) in [6.45, 7) is 3.81. The van der Waals surface area contributed by atoms with E-state index in [1.807, 2.05) is 31.2 Å². The molecule has 0 radical (unpaired) electrons. The molecular formula is C15H17NO2. The lowest BCUT2D eigenvalue weighted by atomic mass is 10.1. The highest BCUT2D eigenvalue weighted by molar-refractivity contribution is 5.80. The predicted molar refractivity (Wildman–Crippen MR) is 73.3 cm³/mol. The number of anilines is 1. The fourth-order valence-corrected chi connectivity index (χ4v) is 2.73. The van der Waals surface area contributed by atoms with Gasteiger partial charge in [0.2, 0.25) is 5.43 Å². The zero-order valence-electron chi connectivity index (χ0n) is 10.6. The average molecular weight is 243 g/mol. The Hall–Kier alpha value is -1.77. The van der Waals surface area contributed by atoms with Crippen LogP contribution in [0.15, 0.2) is 33.5 Å². The molecule has 0 amide bonds. The van der Waals surface area contributed by atoms with Crippen LogP contribution in [-0.4, -0.2) is 13.1 Å². The molecule has 1 aliphatic rings. The Morgan fingerprint density at radius 2 is 1.83 bits per heavy atom. The molecule has 0 N–H and O–H groups in total. The first-order chi connectivity index (χ1) is 8.77. The molecule has 0 bridgehead atoms. The largest absolute Gasteiger partial charge is 0.459 e. The van der Waals surface area contributed by atoms with E-state index in [0.717, 1.165) is 37.4 Å². The highest BCUT2D eigenvalue weighted by atomic mass is 16.3. The number of nitrogens with zero attached hydrogens (tertiary/aromatic N) is 1. The number of aryl methyl sites for hydroxylation is 1. The van der Waals surface area contributed by atoms with E-state index in [4.69, 9.17) is 4.42 Å². The van der Waals surface area contributed by atoms with E-state index in [9.17, 15) is 4.79 Å². The second-order valence-corrected chi connectivity index (χ2v) is 4.88. The van der Waals surface area contributed by atoms with E-state index in [1.54, 1.807) is 0 Å². The van der Waals surface area contributed by atoms with Gasteiger partial charge in [0.25, 0.3) is 0 Å². The summed E-state index contributed by atoms with van der Waals surface area (Å²) in [5.41, 5.74) is 1.55. The van der Waals surface area contributed by atoms with Crippen molar-refractivity contribution in [1.82, 2.24) is 0 Å². The third kappa shape index (κ3) is 1.80. The van der Waals surface area contributed by atoms with Crippen molar-refractivity contribution in [3.63, 3.8) is 0 Å². The monoisotopic (exact) mass is 243 g/mol. The fraction of sp³-hybridized carbons (Fsp3) is 0.400. The van der Waals surface area contributed by atoms with Gasteiger partial charge < -0.3 is 9.32 Å². The number of para-hydroxylation sites is 1. The normalized spacial score (nSPS) is 16.2. The third-order valence-electron chi connectivity index (χ3n) is 3.62. The molecule has 1 fully saturated rings. The molecule has 0 atom stereocenters. The lowest BCUT2D eigenvalue weighted by Crippen LogP contribution is -2.33. The number of benzene rings is 1. The molecule has 1 aromatic carbocycles. The van der Waals surface area contributed by atoms with Crippen molar-refractivity contribution in [3.8, 4) is 0 Å². The van der Waals surface area contributed by atoms with Crippen molar-refractivity contribution in [3.05, 3.63) is 40.2 Å². The average Bonchev–Trinajstić information content (AvgIpc) is 2.40. The maximum atomic E-state index is 12.5. The Morgan fingerprint density at radius 1 is 1.11 bits per heavy atom. The molecule has 1 aliphatic heterocycles. The number of fused-ring (bicyclic) bond motifs is 1. The van der Waals surface area contributed by atoms with E-state index in [2.05, 4.69) is 4.90 Å². The van der Waals surface area contributed by atoms with Gasteiger partial charge in [-0.25, -0.2) is 0 Å². The van der Waals surface area contributed by atoms with Crippen LogP contribution in [0, 0.1) is 6.92 Å². The Kier molecular flexibility index (Phi) is 2.82. The van der Waals surface area contributed by atoms with E-state index in [1.165, 1.54) is 6.42 Å². The van der Waals surface area contributed by atoms with Gasteiger partial charge in [-0.1, -0.05) is 12.1 Å². The van der Waals surface area contributed by atoms with E-state index in [0.29, 0.717) is 11.0 Å². The molecule has 2 heterocycles. The SMILES string of the molecule is Cc1oc2ccccc2c(=O)c1N1CCCCC1. The molecule has 18 heavy (non-hydrogen) atoms. The van der Waals surface area contributed by atoms with Crippen molar-refractivity contribution >= 4 is 16.7 Å². The Morgan fingerprint density at radius 3 is 2.61 bits per heavy atom. The molecule has 0 unspecified atom stereocenters. The van der Waals surface area contributed by atoms with Gasteiger partial charge >= 0.3 is 0 Å². The summed E-state index contributed by atoms with van der Waals surface area (Å²) >= 11 is 0. The van der Waals surface area contributed by atoms with Crippen molar-refractivity contribution in [1.29, 1.82) is 0 Å². The summed E-state index contributed by atoms with van der Waals surface area (Å²) in [6.07, 6.45) is 3.58. The van der Waals surface area contributed by atoms with Gasteiger partial charge in [0.1, 0.15) is 17.0 Å². The molecule has 2 aromatic rings. The summed E-state index contributed by atoms with van der Waals surface area (Å²) < 4.78 is 5.79. The smallest absolute Gasteiger partial charge is 0.216 e. The van der Waals surface area contributed by atoms with E-state index < -0.39 is 0 Å². The molecule has 0 saturated carbocycles. The fourth-order valence-electron chi connectivity index (χ4n) is 2.73. The first-order valence-electron chi connectivity index (χ1n) is 6.55. The minimum absolute atomic E-state index is 0.108. The molecule has 3 rings (SSSR count). The van der Waals surface area contributed by atoms with Crippen LogP contribution in [0.3, 0.4) is 0 Å². The number of hydrogen-bond donors (Lipinski definition) is 0. The van der Waals surface area contributed by atoms with Crippen molar-refractivity contribution < 1.29 is 4.42 Å². The van der Waals surface area contributed by atoms with E-state index >= 15 is 0 Å². The van der Waals surface area contributed by atoms with Crippen LogP contribution < -0.4 is 10.3 Å². The summed E-state index contributed by atoms with van der Waals surface area (Å²) in [5, 5.41) is 0.684. The van der Waals surface area contributed by atoms with Gasteiger partial charge in [-0.15, -0.1) is 0 Å². The molecule has 1 aromatic heterocycles. The van der Waals surface area contributed by atoms with Crippen LogP contribution in [0.4, 0.5) is 5.69 Å². The van der Waals surface area contributed by atoms with Crippen LogP contribution in [0.1, 0.15) is 25.0 Å². The van der Waals surface area contributed by atoms with E-state index in [-0.39, 0.29) is 5.43 Å². The van der Waals surface area contributed by atoms with Crippen molar-refractivity contribution in [2.75, 3.05) is 18.0 Å². The summed E-state index contributed by atoms with van der Waals surface area (Å²) in [5.74, 6) is 0.737. The lowest BCUT2D eigenvalue weighted by molar-refractivity contribution is 0.538. The van der Waals surface area contributed by atoms with Crippen molar-refractivity contribution in [2.45, 2.75) is 26.2 Å². The summed E-state index contributed by atoms with van der Waals surface area (Å²) in [4.78, 5) is 14.7. The number of rotatable bonds is 1. The van der Waals surface area contributed by atoms with Gasteiger partial charge in [0, 0.05) is 13.1 Å². The first kappa shape index (κ1) is 11.3. The number of piperidine rings is 1. The highest BCUT2D eigenvalue weighted by Gasteiger charge is 2.19. The summed E-state index contributed by atoms with van der Waals surface area (Å²) in [6, 6.07) is 7.47. The molecule has 0 spiro atoms. The second-order valence-electron chi connectivity index (χ2n) is 4.88. The zero-order chi connectivity index (χ0) is 12.5. The molecule has 3 heteroatoms. The summed E-state index contributed by atoms with van der Waals surface area (Å²) in [7, 11) is 0. The molecule has 94 valence electrons. The van der Waals surface area contributed by atoms with Crippen molar-refractivity contribution in [2.24, 2.45) is 0 Å². The highest BCUT2D eigenvalue weighted by Crippen LogP contribution is 2.23. The Labute approximate surface area is 106 Å². The standard InChI is InChI=1S/C15H17NO2/c1-11-14(16-9-5-2-6-10-16)15(17)12-7-3-4-8-13(12)18-11/h3-4,7-8H,2,5-6,9-10H2,1H3. The Balaban J connectivity index is 2.19. The third-order valence-corrected chi connectivity index (χ3v) is 3.62. The maximum Gasteiger partial charge on any atom is 0.216 e. The van der Waals surface area contributed by atoms with Crippen LogP contribution >= 0.6 is 0 Å². The van der Waals surface area contributed by atoms with Crippen LogP contribution in [0.2, 0.25) is 0 Å². The molecule has 1 saturated heterocycles. The van der Waals surface area contributed by atoms with Crippen LogP contribution in [0.5, 0.6) is 0 Å². The first-order valence-corrected chi connectivity index (χ1v) is 6.55. The number of hydrogen-bond acceptors (Lipinski definition) is 3.